The molecule has 1 amide bonds. The van der Waals surface area contributed by atoms with Gasteiger partial charge in [0, 0.05) is 44.3 Å². The van der Waals surface area contributed by atoms with Crippen molar-refractivity contribution in [1.82, 2.24) is 25.6 Å². The highest BCUT2D eigenvalue weighted by Gasteiger charge is 2.41. The summed E-state index contributed by atoms with van der Waals surface area (Å²) >= 11 is 0. The maximum Gasteiger partial charge on any atom is 0.253 e. The number of aromatic nitrogens is 1. The van der Waals surface area contributed by atoms with E-state index in [4.69, 9.17) is 20.0 Å². The number of amides is 1. The summed E-state index contributed by atoms with van der Waals surface area (Å²) < 4.78 is 5.73. The fourth-order valence-corrected chi connectivity index (χ4v) is 4.03. The minimum atomic E-state index is -0.485. The summed E-state index contributed by atoms with van der Waals surface area (Å²) in [6.45, 7) is 5.87. The number of carbonyl (C=O) groups is 1. The molecule has 1 aliphatic carbocycles. The van der Waals surface area contributed by atoms with Crippen molar-refractivity contribution in [1.29, 1.82) is 5.41 Å². The molecule has 2 aliphatic rings. The molecule has 1 aromatic rings. The maximum atomic E-state index is 13.3. The molecule has 10 nitrogen and oxygen atoms in total. The highest BCUT2D eigenvalue weighted by Crippen LogP contribution is 2.31. The lowest BCUT2D eigenvalue weighted by Gasteiger charge is -2.34. The second-order valence-corrected chi connectivity index (χ2v) is 8.95. The number of rotatable bonds is 13. The van der Waals surface area contributed by atoms with Gasteiger partial charge in [0.05, 0.1) is 31.2 Å². The van der Waals surface area contributed by atoms with Crippen molar-refractivity contribution < 1.29 is 14.4 Å². The fourth-order valence-electron chi connectivity index (χ4n) is 4.03. The van der Waals surface area contributed by atoms with E-state index in [1.54, 1.807) is 7.11 Å². The number of ether oxygens (including phenoxy) is 1. The molecule has 0 bridgehead atoms. The zero-order valence-corrected chi connectivity index (χ0v) is 20.3. The molecule has 1 saturated carbocycles. The average Bonchev–Trinajstić information content (AvgIpc) is 3.64. The first-order chi connectivity index (χ1) is 15.9. The largest absolute Gasteiger partial charge is 0.369 e. The van der Waals surface area contributed by atoms with Crippen LogP contribution in [0.15, 0.2) is 12.1 Å². The molecule has 0 aromatic carbocycles. The highest BCUT2D eigenvalue weighted by molar-refractivity contribution is 6.07. The molecule has 1 saturated heterocycles. The summed E-state index contributed by atoms with van der Waals surface area (Å²) in [5.74, 6) is 0.654. The standard InChI is InChI=1S/C23H39N7O3/c1-16(30(18-7-8-18)23(31)20-14-25-12-13-33-20)21(24)19-9-6-17(15-29(2)3)28-22(19)26-10-5-11-27-32-4/h6,9,16,18,20,24-25,27H,5,7-8,10-15H2,1-4H3,(H,26,28)/t16-,20-/m1/s1. The predicted octanol–water partition coefficient (Wildman–Crippen LogP) is 0.832. The molecule has 2 fully saturated rings. The van der Waals surface area contributed by atoms with Gasteiger partial charge in [-0.05, 0) is 52.4 Å². The van der Waals surface area contributed by atoms with Crippen LogP contribution in [0.3, 0.4) is 0 Å². The van der Waals surface area contributed by atoms with E-state index in [-0.39, 0.29) is 18.0 Å². The van der Waals surface area contributed by atoms with Crippen LogP contribution < -0.4 is 16.1 Å². The smallest absolute Gasteiger partial charge is 0.253 e. The molecular formula is C23H39N7O3. The van der Waals surface area contributed by atoms with Crippen molar-refractivity contribution in [2.45, 2.75) is 50.9 Å². The third-order valence-electron chi connectivity index (χ3n) is 5.85. The lowest BCUT2D eigenvalue weighted by atomic mass is 10.0. The van der Waals surface area contributed by atoms with Gasteiger partial charge < -0.3 is 35.4 Å². The van der Waals surface area contributed by atoms with Gasteiger partial charge in [-0.2, -0.15) is 0 Å². The molecule has 4 N–H and O–H groups in total. The summed E-state index contributed by atoms with van der Waals surface area (Å²) in [6.07, 6.45) is 2.30. The van der Waals surface area contributed by atoms with E-state index in [0.717, 1.165) is 37.1 Å². The van der Waals surface area contributed by atoms with Crippen LogP contribution in [0.4, 0.5) is 5.82 Å². The number of pyridine rings is 1. The Morgan fingerprint density at radius 2 is 2.15 bits per heavy atom. The van der Waals surface area contributed by atoms with Gasteiger partial charge in [0.25, 0.3) is 5.91 Å². The molecule has 33 heavy (non-hydrogen) atoms. The number of nitrogens with one attached hydrogen (secondary N) is 4. The van der Waals surface area contributed by atoms with Gasteiger partial charge in [-0.25, -0.2) is 10.5 Å². The summed E-state index contributed by atoms with van der Waals surface area (Å²) in [6, 6.07) is 3.73. The van der Waals surface area contributed by atoms with Gasteiger partial charge in [0.1, 0.15) is 11.9 Å². The Bertz CT molecular complexity index is 794. The molecule has 10 heteroatoms. The number of morpholine rings is 1. The Morgan fingerprint density at radius 3 is 2.79 bits per heavy atom. The van der Waals surface area contributed by atoms with Crippen LogP contribution in [0, 0.1) is 5.41 Å². The lowest BCUT2D eigenvalue weighted by Crippen LogP contribution is -2.54. The third kappa shape index (κ3) is 7.18. The van der Waals surface area contributed by atoms with E-state index in [1.807, 2.05) is 38.1 Å². The molecular weight excluding hydrogens is 422 g/mol. The molecule has 2 heterocycles. The zero-order chi connectivity index (χ0) is 23.8. The first-order valence-corrected chi connectivity index (χ1v) is 11.8. The highest BCUT2D eigenvalue weighted by atomic mass is 16.6. The van der Waals surface area contributed by atoms with E-state index < -0.39 is 6.10 Å². The van der Waals surface area contributed by atoms with Gasteiger partial charge in [0.15, 0.2) is 0 Å². The van der Waals surface area contributed by atoms with Crippen molar-refractivity contribution in [3.05, 3.63) is 23.4 Å². The van der Waals surface area contributed by atoms with Crippen LogP contribution in [0.2, 0.25) is 0 Å². The van der Waals surface area contributed by atoms with Crippen LogP contribution in [0.5, 0.6) is 0 Å². The molecule has 1 aliphatic heterocycles. The quantitative estimate of drug-likeness (QED) is 0.194. The predicted molar refractivity (Wildman–Crippen MR) is 129 cm³/mol. The molecule has 2 atom stereocenters. The van der Waals surface area contributed by atoms with Crippen molar-refractivity contribution in [3.63, 3.8) is 0 Å². The molecule has 3 rings (SSSR count). The van der Waals surface area contributed by atoms with E-state index in [0.29, 0.717) is 44.3 Å². The van der Waals surface area contributed by atoms with Crippen molar-refractivity contribution >= 4 is 17.4 Å². The van der Waals surface area contributed by atoms with Gasteiger partial charge in [-0.3, -0.25) is 4.79 Å². The van der Waals surface area contributed by atoms with Crippen LogP contribution in [0.1, 0.15) is 37.4 Å². The minimum absolute atomic E-state index is 0.0284. The summed E-state index contributed by atoms with van der Waals surface area (Å²) in [4.78, 5) is 26.9. The summed E-state index contributed by atoms with van der Waals surface area (Å²) in [5.41, 5.74) is 4.88. The number of hydrogen-bond acceptors (Lipinski definition) is 9. The Balaban J connectivity index is 1.77. The van der Waals surface area contributed by atoms with Crippen LogP contribution in [-0.4, -0.2) is 98.6 Å². The van der Waals surface area contributed by atoms with E-state index in [9.17, 15) is 4.79 Å². The summed E-state index contributed by atoms with van der Waals surface area (Å²) in [7, 11) is 5.61. The molecule has 184 valence electrons. The number of anilines is 1. The van der Waals surface area contributed by atoms with Gasteiger partial charge >= 0.3 is 0 Å². The van der Waals surface area contributed by atoms with Crippen molar-refractivity contribution in [2.24, 2.45) is 0 Å². The SMILES string of the molecule is CONCCCNc1nc(CN(C)C)ccc1C(=N)[C@@H](C)N(C(=O)[C@H]1CNCCO1)C1CC1. The Labute approximate surface area is 196 Å². The van der Waals surface area contributed by atoms with Gasteiger partial charge in [-0.1, -0.05) is 0 Å². The Kier molecular flexibility index (Phi) is 9.57. The second kappa shape index (κ2) is 12.4. The van der Waals surface area contributed by atoms with E-state index in [1.165, 1.54) is 0 Å². The topological polar surface area (TPSA) is 115 Å². The Hall–Kier alpha value is -2.11. The van der Waals surface area contributed by atoms with Crippen molar-refractivity contribution in [3.8, 4) is 0 Å². The molecule has 0 unspecified atom stereocenters. The third-order valence-corrected chi connectivity index (χ3v) is 5.85. The monoisotopic (exact) mass is 461 g/mol. The molecule has 0 radical (unpaired) electrons. The normalized spacial score (nSPS) is 19.4. The fraction of sp³-hybridized carbons (Fsp3) is 0.696. The van der Waals surface area contributed by atoms with E-state index >= 15 is 0 Å². The van der Waals surface area contributed by atoms with Crippen LogP contribution >= 0.6 is 0 Å². The first-order valence-electron chi connectivity index (χ1n) is 11.8. The van der Waals surface area contributed by atoms with Crippen LogP contribution in [0.25, 0.3) is 0 Å². The Morgan fingerprint density at radius 1 is 1.36 bits per heavy atom. The number of hydrogen-bond donors (Lipinski definition) is 4. The zero-order valence-electron chi connectivity index (χ0n) is 20.3. The number of carbonyl (C=O) groups excluding carboxylic acids is 1. The lowest BCUT2D eigenvalue weighted by molar-refractivity contribution is -0.146. The van der Waals surface area contributed by atoms with Crippen LogP contribution in [-0.2, 0) is 20.9 Å². The van der Waals surface area contributed by atoms with Crippen molar-refractivity contribution in [2.75, 3.05) is 59.3 Å². The first kappa shape index (κ1) is 25.5. The van der Waals surface area contributed by atoms with E-state index in [2.05, 4.69) is 21.0 Å². The molecule has 0 spiro atoms. The number of hydroxylamine groups is 1. The number of nitrogens with zero attached hydrogens (tertiary/aromatic N) is 3. The van der Waals surface area contributed by atoms with Gasteiger partial charge in [-0.15, -0.1) is 0 Å². The van der Waals surface area contributed by atoms with Gasteiger partial charge in [0.2, 0.25) is 0 Å². The summed E-state index contributed by atoms with van der Waals surface area (Å²) in [5, 5.41) is 15.6. The maximum absolute atomic E-state index is 13.3. The second-order valence-electron chi connectivity index (χ2n) is 8.95. The minimum Gasteiger partial charge on any atom is -0.369 e. The average molecular weight is 462 g/mol. The molecule has 1 aromatic heterocycles.